The zero-order valence-electron chi connectivity index (χ0n) is 25.2. The molecular formula is C33H35ClFN3O6. The average molecular weight is 624 g/mol. The summed E-state index contributed by atoms with van der Waals surface area (Å²) < 4.78 is 31.5. The third-order valence-electron chi connectivity index (χ3n) is 7.89. The molecule has 0 radical (unpaired) electrons. The van der Waals surface area contributed by atoms with E-state index in [4.69, 9.17) is 25.8 Å². The number of carbonyl (C=O) groups is 3. The average Bonchev–Trinajstić information content (AvgIpc) is 3.54. The molecule has 0 unspecified atom stereocenters. The standard InChI is InChI=1S/C33H35ClFN3O6/c1-33(2,3)44-31(40)37-18-25(29(42-4)28(37)30(39)36-17-19-11-10-16-24(34)26(19)35)38(32(41)43-5)27-22-14-8-6-12-20(22)21-13-7-9-15-23(21)27/h6-16,25,27-29H,17-18H2,1-5H3,(H,36,39)/t25-,28+,29+/m1/s1. The van der Waals surface area contributed by atoms with Crippen molar-refractivity contribution in [1.82, 2.24) is 15.1 Å². The van der Waals surface area contributed by atoms with Crippen LogP contribution in [-0.2, 0) is 25.5 Å². The number of nitrogens with one attached hydrogen (secondary N) is 1. The number of halogens is 2. The first-order valence-corrected chi connectivity index (χ1v) is 14.6. The predicted molar refractivity (Wildman–Crippen MR) is 163 cm³/mol. The molecule has 2 aliphatic rings. The van der Waals surface area contributed by atoms with Crippen molar-refractivity contribution in [2.24, 2.45) is 0 Å². The van der Waals surface area contributed by atoms with E-state index < -0.39 is 53.7 Å². The third-order valence-corrected chi connectivity index (χ3v) is 8.18. The molecule has 0 saturated carbocycles. The van der Waals surface area contributed by atoms with Gasteiger partial charge in [0.25, 0.3) is 0 Å². The van der Waals surface area contributed by atoms with Crippen molar-refractivity contribution >= 4 is 29.7 Å². The summed E-state index contributed by atoms with van der Waals surface area (Å²) in [6.07, 6.45) is -2.40. The molecule has 0 spiro atoms. The lowest BCUT2D eigenvalue weighted by Gasteiger charge is -2.36. The zero-order chi connectivity index (χ0) is 31.8. The first-order valence-electron chi connectivity index (χ1n) is 14.2. The maximum atomic E-state index is 14.6. The molecule has 3 aromatic rings. The Morgan fingerprint density at radius 3 is 2.16 bits per heavy atom. The van der Waals surface area contributed by atoms with Crippen molar-refractivity contribution in [2.75, 3.05) is 20.8 Å². The van der Waals surface area contributed by atoms with E-state index in [1.807, 2.05) is 48.5 Å². The number of methoxy groups -OCH3 is 2. The van der Waals surface area contributed by atoms with Gasteiger partial charge >= 0.3 is 12.2 Å². The molecule has 0 aromatic heterocycles. The molecule has 5 rings (SSSR count). The van der Waals surface area contributed by atoms with Crippen molar-refractivity contribution in [2.45, 2.75) is 57.1 Å². The first kappa shape index (κ1) is 31.3. The van der Waals surface area contributed by atoms with Gasteiger partial charge < -0.3 is 19.5 Å². The van der Waals surface area contributed by atoms with Gasteiger partial charge in [-0.25, -0.2) is 14.0 Å². The van der Waals surface area contributed by atoms with Crippen molar-refractivity contribution in [3.05, 3.63) is 94.3 Å². The fraction of sp³-hybridized carbons (Fsp3) is 0.364. The molecule has 11 heteroatoms. The molecule has 1 N–H and O–H groups in total. The second kappa shape index (κ2) is 12.5. The highest BCUT2D eigenvalue weighted by atomic mass is 35.5. The smallest absolute Gasteiger partial charge is 0.411 e. The molecule has 1 heterocycles. The van der Waals surface area contributed by atoms with Crippen molar-refractivity contribution < 1.29 is 33.0 Å². The monoisotopic (exact) mass is 623 g/mol. The van der Waals surface area contributed by atoms with E-state index in [-0.39, 0.29) is 23.7 Å². The summed E-state index contributed by atoms with van der Waals surface area (Å²) in [7, 11) is 2.70. The first-order chi connectivity index (χ1) is 21.0. The van der Waals surface area contributed by atoms with Gasteiger partial charge in [-0.15, -0.1) is 0 Å². The van der Waals surface area contributed by atoms with Crippen molar-refractivity contribution in [3.63, 3.8) is 0 Å². The highest BCUT2D eigenvalue weighted by molar-refractivity contribution is 6.30. The summed E-state index contributed by atoms with van der Waals surface area (Å²) >= 11 is 5.93. The van der Waals surface area contributed by atoms with Gasteiger partial charge in [0.05, 0.1) is 24.2 Å². The van der Waals surface area contributed by atoms with E-state index in [9.17, 15) is 18.8 Å². The molecule has 0 bridgehead atoms. The Hall–Kier alpha value is -4.15. The molecule has 1 aliphatic carbocycles. The summed E-state index contributed by atoms with van der Waals surface area (Å²) in [4.78, 5) is 43.9. The Morgan fingerprint density at radius 2 is 1.59 bits per heavy atom. The molecular weight excluding hydrogens is 589 g/mol. The van der Waals surface area contributed by atoms with E-state index in [0.29, 0.717) is 0 Å². The van der Waals surface area contributed by atoms with Gasteiger partial charge in [-0.3, -0.25) is 14.6 Å². The van der Waals surface area contributed by atoms with E-state index >= 15 is 0 Å². The minimum Gasteiger partial charge on any atom is -0.453 e. The van der Waals surface area contributed by atoms with Gasteiger partial charge in [-0.1, -0.05) is 72.3 Å². The number of ether oxygens (including phenoxy) is 3. The Bertz CT molecular complexity index is 1530. The number of amides is 3. The summed E-state index contributed by atoms with van der Waals surface area (Å²) in [5.41, 5.74) is 3.00. The Balaban J connectivity index is 1.55. The summed E-state index contributed by atoms with van der Waals surface area (Å²) in [6, 6.07) is 17.4. The number of hydrogen-bond acceptors (Lipinski definition) is 6. The van der Waals surface area contributed by atoms with Crippen LogP contribution < -0.4 is 5.32 Å². The number of fused-ring (bicyclic) bond motifs is 3. The summed E-state index contributed by atoms with van der Waals surface area (Å²) in [5, 5.41) is 2.65. The van der Waals surface area contributed by atoms with E-state index in [0.717, 1.165) is 22.3 Å². The molecule has 1 aliphatic heterocycles. The number of carbonyl (C=O) groups excluding carboxylic acids is 3. The van der Waals surface area contributed by atoms with Gasteiger partial charge in [0.1, 0.15) is 23.6 Å². The van der Waals surface area contributed by atoms with Crippen LogP contribution in [0, 0.1) is 5.82 Å². The minimum atomic E-state index is -1.22. The molecule has 232 valence electrons. The van der Waals surface area contributed by atoms with Crippen LogP contribution in [0.2, 0.25) is 5.02 Å². The van der Waals surface area contributed by atoms with Crippen LogP contribution in [-0.4, -0.2) is 72.4 Å². The summed E-state index contributed by atoms with van der Waals surface area (Å²) in [6.45, 7) is 4.88. The second-order valence-corrected chi connectivity index (χ2v) is 12.1. The third kappa shape index (κ3) is 5.84. The topological polar surface area (TPSA) is 97.4 Å². The van der Waals surface area contributed by atoms with Crippen LogP contribution in [0.4, 0.5) is 14.0 Å². The van der Waals surface area contributed by atoms with E-state index in [1.165, 1.54) is 31.3 Å². The van der Waals surface area contributed by atoms with Crippen molar-refractivity contribution in [1.29, 1.82) is 0 Å². The predicted octanol–water partition coefficient (Wildman–Crippen LogP) is 5.94. The lowest BCUT2D eigenvalue weighted by Crippen LogP contribution is -2.53. The van der Waals surface area contributed by atoms with E-state index in [1.54, 1.807) is 31.7 Å². The zero-order valence-corrected chi connectivity index (χ0v) is 25.9. The van der Waals surface area contributed by atoms with Gasteiger partial charge in [-0.05, 0) is 49.1 Å². The highest BCUT2D eigenvalue weighted by Gasteiger charge is 2.55. The Kier molecular flexibility index (Phi) is 8.85. The van der Waals surface area contributed by atoms with Crippen LogP contribution in [0.15, 0.2) is 66.7 Å². The van der Waals surface area contributed by atoms with Gasteiger partial charge in [-0.2, -0.15) is 0 Å². The number of benzene rings is 3. The van der Waals surface area contributed by atoms with Crippen molar-refractivity contribution in [3.8, 4) is 11.1 Å². The Labute approximate surface area is 260 Å². The molecule has 3 aromatic carbocycles. The fourth-order valence-electron chi connectivity index (χ4n) is 6.08. The van der Waals surface area contributed by atoms with Gasteiger partial charge in [0, 0.05) is 25.8 Å². The van der Waals surface area contributed by atoms with Crippen LogP contribution in [0.5, 0.6) is 0 Å². The van der Waals surface area contributed by atoms with Crippen LogP contribution in [0.3, 0.4) is 0 Å². The second-order valence-electron chi connectivity index (χ2n) is 11.7. The summed E-state index contributed by atoms with van der Waals surface area (Å²) in [5.74, 6) is -1.26. The number of rotatable bonds is 6. The fourth-order valence-corrected chi connectivity index (χ4v) is 6.27. The number of likely N-dealkylation sites (tertiary alicyclic amines) is 1. The SMILES string of the molecule is COC(=O)N(C1c2ccccc2-c2ccccc21)[C@@H]1CN(C(=O)OC(C)(C)C)[C@H](C(=O)NCc2cccc(Cl)c2F)[C@H]1OC. The van der Waals surface area contributed by atoms with Gasteiger partial charge in [0.15, 0.2) is 0 Å². The molecule has 1 saturated heterocycles. The molecule has 3 atom stereocenters. The molecule has 9 nitrogen and oxygen atoms in total. The van der Waals surface area contributed by atoms with Gasteiger partial charge in [0.2, 0.25) is 5.91 Å². The molecule has 3 amide bonds. The largest absolute Gasteiger partial charge is 0.453 e. The quantitative estimate of drug-likeness (QED) is 0.365. The minimum absolute atomic E-state index is 0.0753. The van der Waals surface area contributed by atoms with Crippen LogP contribution >= 0.6 is 11.6 Å². The lowest BCUT2D eigenvalue weighted by atomic mass is 9.99. The number of hydrogen-bond donors (Lipinski definition) is 1. The van der Waals surface area contributed by atoms with E-state index in [2.05, 4.69) is 5.32 Å². The molecule has 1 fully saturated rings. The lowest BCUT2D eigenvalue weighted by molar-refractivity contribution is -0.129. The van der Waals surface area contributed by atoms with Crippen LogP contribution in [0.1, 0.15) is 43.5 Å². The maximum Gasteiger partial charge on any atom is 0.411 e. The molecule has 44 heavy (non-hydrogen) atoms. The normalized spacial score (nSPS) is 19.2. The number of nitrogens with zero attached hydrogens (tertiary/aromatic N) is 2. The van der Waals surface area contributed by atoms with Crippen LogP contribution in [0.25, 0.3) is 11.1 Å². The highest BCUT2D eigenvalue weighted by Crippen LogP contribution is 2.48. The maximum absolute atomic E-state index is 14.6. The Morgan fingerprint density at radius 1 is 0.977 bits per heavy atom.